The summed E-state index contributed by atoms with van der Waals surface area (Å²) in [6.45, 7) is 6.81. The highest BCUT2D eigenvalue weighted by atomic mass is 19.1. The standard InChI is InChI=1S/C54H60FN7O12.C53H56FN7O12/c1-4-54(73)36-23-41-50-34(27-62(41)52(71)35(36)28-74-53(54)72)49-38(16-15-33-30(3)37(55)24-40(60-50)48(33)49)58-46(68)26-57-44(66)19-17-42(64)39(22-31-11-7-5-8-12-31)59-45(67)18-14-32(63)25-56-43(65)13-9-6-10-20-61-47(69)21-29(2)51(61)70;1-3-53(72)35-23-40-50-33(27-61(40)51(70)34(35)28-73-52(53)71)49-37(15-14-32-29(2)36(54)24-39(59-50)48(32)49)57-45(67)26-56-43(65)18-16-41(63)38(22-30-10-6-4-7-11-30)58-44(66)17-13-31(62)25-55-42(64)12-8-5-9-21-60-46(68)19-20-47(60)69/h5,7-8,11-12,23-24,29,38-39,73H,4,6,9-10,13-22,25-28H2,1-3H3,(H,56,65)(H,57,66)(H,58,68)(H,59,67);4,6-7,10-11,19-20,23-24,37-38,72H,3,5,8-9,12-18,21-22,25-28H2,1-2H3,(H,55,64)(H,56,65)(H,57,67)(H,58,66)/t29?,38-,39-,54-;37-,38-,53-/m00/s1. The number of imide groups is 2. The Kier molecular flexibility index (Phi) is 33.2. The van der Waals surface area contributed by atoms with Crippen molar-refractivity contribution in [1.29, 1.82) is 0 Å². The first-order valence-corrected chi connectivity index (χ1v) is 49.8. The molecule has 0 saturated carbocycles. The number of amides is 12. The van der Waals surface area contributed by atoms with Crippen LogP contribution in [0, 0.1) is 31.4 Å². The highest BCUT2D eigenvalue weighted by Gasteiger charge is 2.49. The van der Waals surface area contributed by atoms with Crippen molar-refractivity contribution in [3.63, 3.8) is 0 Å². The number of aromatic nitrogens is 4. The fraction of sp³-hybridized carbons (Fsp3) is 0.439. The first-order chi connectivity index (χ1) is 70.3. The number of likely N-dealkylation sites (tertiary alicyclic amines) is 1. The van der Waals surface area contributed by atoms with E-state index in [1.807, 2.05) is 0 Å². The van der Waals surface area contributed by atoms with Gasteiger partial charge in [0.1, 0.15) is 24.8 Å². The molecule has 10 heterocycles. The number of esters is 2. The Morgan fingerprint density at radius 2 is 0.844 bits per heavy atom. The van der Waals surface area contributed by atoms with E-state index in [1.165, 1.54) is 38.3 Å². The third-order valence-electron chi connectivity index (χ3n) is 28.7. The second-order valence-electron chi connectivity index (χ2n) is 38.4. The number of Topliss-reactive ketones (excluding diaryl/α,β-unsaturated/α-hetero) is 4. The van der Waals surface area contributed by atoms with Gasteiger partial charge in [0, 0.05) is 147 Å². The maximum Gasteiger partial charge on any atom is 0.343 e. The van der Waals surface area contributed by atoms with Crippen LogP contribution in [0.4, 0.5) is 8.78 Å². The van der Waals surface area contributed by atoms with Crippen molar-refractivity contribution >= 4 is 128 Å². The lowest BCUT2D eigenvalue weighted by Gasteiger charge is -2.31. The molecular weight excluding hydrogens is 1900 g/mol. The summed E-state index contributed by atoms with van der Waals surface area (Å²) in [5.41, 5.74) is 3.70. The van der Waals surface area contributed by atoms with Gasteiger partial charge >= 0.3 is 11.9 Å². The lowest BCUT2D eigenvalue weighted by atomic mass is 9.81. The van der Waals surface area contributed by atoms with Gasteiger partial charge in [0.25, 0.3) is 22.9 Å². The van der Waals surface area contributed by atoms with Crippen LogP contribution in [0.25, 0.3) is 44.6 Å². The van der Waals surface area contributed by atoms with Crippen LogP contribution in [-0.2, 0) is 159 Å². The molecule has 0 spiro atoms. The molecule has 10 N–H and O–H groups in total. The van der Waals surface area contributed by atoms with E-state index in [9.17, 15) is 106 Å². The Bertz CT molecular complexity index is 6900. The van der Waals surface area contributed by atoms with E-state index >= 15 is 8.78 Å². The van der Waals surface area contributed by atoms with Crippen molar-refractivity contribution < 1.29 is 115 Å². The smallest absolute Gasteiger partial charge is 0.343 e. The van der Waals surface area contributed by atoms with Gasteiger partial charge in [-0.15, -0.1) is 0 Å². The van der Waals surface area contributed by atoms with Crippen LogP contribution in [-0.4, -0.2) is 196 Å². The summed E-state index contributed by atoms with van der Waals surface area (Å²) in [5, 5.41) is 45.7. The van der Waals surface area contributed by atoms with Crippen molar-refractivity contribution in [3.05, 3.63) is 207 Å². The number of carbonyl (C=O) groups excluding carboxylic acids is 18. The molecular formula is C107H116F2N14O24. The Balaban J connectivity index is 0.000000220. The number of aryl methyl sites for hydroxylation is 2. The molecule has 7 atom stereocenters. The topological polar surface area (TPSA) is 539 Å². The number of nitrogens with one attached hydrogen (secondary N) is 8. The molecule has 772 valence electrons. The zero-order chi connectivity index (χ0) is 105. The number of benzene rings is 4. The average molecular weight is 2020 g/mol. The largest absolute Gasteiger partial charge is 0.458 e. The highest BCUT2D eigenvalue weighted by Crippen LogP contribution is 2.49. The zero-order valence-corrected chi connectivity index (χ0v) is 82.2. The molecule has 1 fully saturated rings. The molecule has 1 unspecified atom stereocenters. The van der Waals surface area contributed by atoms with E-state index < -0.39 is 136 Å². The zero-order valence-electron chi connectivity index (χ0n) is 82.2. The summed E-state index contributed by atoms with van der Waals surface area (Å²) in [7, 11) is 0. The number of fused-ring (bicyclic) bond motifs is 10. The summed E-state index contributed by atoms with van der Waals surface area (Å²) in [6.07, 6.45) is 5.77. The SMILES string of the molecule is CC[C@@]1(O)C(=O)OCc2c1cc1n(c2=O)Cc2c-1nc1cc(F)c(C)c3c1c2[C@@H](NC(=O)CNC(=O)CCC(=O)[C@H](Cc1ccccc1)NC(=O)CCC(=O)CNC(=O)CCCCCN1C(=O)C=CC1=O)CC3.CC[C@@]1(O)C(=O)OCc2c1cc1n(c2=O)Cc2c-1nc1cc(F)c(C)c3c1c2[C@@H](NC(=O)CNC(=O)CCC(=O)[C@H](Cc1ccccc1)NC(=O)CCC(=O)CNC(=O)CCCCCN1C(=O)CC(C)C1=O)CC3. The summed E-state index contributed by atoms with van der Waals surface area (Å²) < 4.78 is 44.2. The second-order valence-corrected chi connectivity index (χ2v) is 38.4. The van der Waals surface area contributed by atoms with Crippen LogP contribution >= 0.6 is 0 Å². The minimum Gasteiger partial charge on any atom is -0.458 e. The van der Waals surface area contributed by atoms with E-state index in [-0.39, 0.29) is 212 Å². The number of aliphatic hydroxyl groups is 2. The van der Waals surface area contributed by atoms with Gasteiger partial charge in [-0.1, -0.05) is 94.3 Å². The monoisotopic (exact) mass is 2020 g/mol. The van der Waals surface area contributed by atoms with Gasteiger partial charge in [0.15, 0.2) is 34.3 Å². The van der Waals surface area contributed by atoms with E-state index in [2.05, 4.69) is 42.5 Å². The number of ether oxygens (including phenoxy) is 2. The Morgan fingerprint density at radius 1 is 0.456 bits per heavy atom. The summed E-state index contributed by atoms with van der Waals surface area (Å²) in [5.74, 6) is -9.92. The lowest BCUT2D eigenvalue weighted by Crippen LogP contribution is -2.44. The molecule has 0 bridgehead atoms. The second kappa shape index (κ2) is 46.0. The number of ketones is 4. The number of hydrogen-bond acceptors (Lipinski definition) is 26. The molecule has 0 radical (unpaired) electrons. The molecule has 8 aliphatic rings. The van der Waals surface area contributed by atoms with Gasteiger partial charge in [0.05, 0.1) is 108 Å². The van der Waals surface area contributed by atoms with Crippen molar-refractivity contribution in [2.75, 3.05) is 39.3 Å². The van der Waals surface area contributed by atoms with Crippen LogP contribution in [0.1, 0.15) is 246 Å². The number of hydrogen-bond donors (Lipinski definition) is 10. The minimum atomic E-state index is -2.06. The van der Waals surface area contributed by atoms with Gasteiger partial charge < -0.3 is 71.4 Å². The van der Waals surface area contributed by atoms with Gasteiger partial charge in [-0.2, -0.15) is 0 Å². The first-order valence-electron chi connectivity index (χ1n) is 49.8. The molecule has 12 amide bonds. The Labute approximate surface area is 841 Å². The predicted octanol–water partition coefficient (Wildman–Crippen LogP) is 6.02. The molecule has 38 nitrogen and oxygen atoms in total. The Morgan fingerprint density at radius 3 is 1.24 bits per heavy atom. The van der Waals surface area contributed by atoms with Crippen LogP contribution in [0.5, 0.6) is 0 Å². The normalized spacial score (nSPS) is 18.2. The molecule has 8 aromatic rings. The van der Waals surface area contributed by atoms with Crippen molar-refractivity contribution in [2.24, 2.45) is 5.92 Å². The average Bonchev–Trinajstić information content (AvgIpc) is 1.57. The van der Waals surface area contributed by atoms with Crippen molar-refractivity contribution in [2.45, 2.75) is 257 Å². The van der Waals surface area contributed by atoms with Crippen LogP contribution in [0.15, 0.2) is 107 Å². The molecule has 16 rings (SSSR count). The van der Waals surface area contributed by atoms with Gasteiger partial charge in [-0.25, -0.2) is 28.3 Å². The third kappa shape index (κ3) is 23.5. The number of rotatable bonds is 44. The fourth-order valence-corrected chi connectivity index (χ4v) is 20.4. The van der Waals surface area contributed by atoms with E-state index in [0.717, 1.165) is 27.2 Å². The van der Waals surface area contributed by atoms with Gasteiger partial charge in [-0.3, -0.25) is 96.1 Å². The van der Waals surface area contributed by atoms with Crippen molar-refractivity contribution in [1.82, 2.24) is 71.4 Å². The summed E-state index contributed by atoms with van der Waals surface area (Å²) >= 11 is 0. The molecule has 1 saturated heterocycles. The number of pyridine rings is 4. The van der Waals surface area contributed by atoms with E-state index in [4.69, 9.17) is 19.4 Å². The maximum atomic E-state index is 15.4. The first kappa shape index (κ1) is 106. The van der Waals surface area contributed by atoms with Gasteiger partial charge in [-0.05, 0) is 148 Å². The van der Waals surface area contributed by atoms with E-state index in [1.54, 1.807) is 107 Å². The minimum absolute atomic E-state index is 0.0442. The van der Waals surface area contributed by atoms with Crippen molar-refractivity contribution in [3.8, 4) is 22.8 Å². The molecule has 147 heavy (non-hydrogen) atoms. The van der Waals surface area contributed by atoms with Crippen LogP contribution in [0.3, 0.4) is 0 Å². The van der Waals surface area contributed by atoms with E-state index in [0.29, 0.717) is 149 Å². The number of halogens is 2. The number of cyclic esters (lactones) is 2. The number of nitrogens with zero attached hydrogens (tertiary/aromatic N) is 6. The molecule has 4 aromatic carbocycles. The molecule has 4 aromatic heterocycles. The Hall–Kier alpha value is -15.2. The van der Waals surface area contributed by atoms with Crippen LogP contribution in [0.2, 0.25) is 0 Å². The van der Waals surface area contributed by atoms with Crippen LogP contribution < -0.4 is 53.7 Å². The lowest BCUT2D eigenvalue weighted by molar-refractivity contribution is -0.172. The van der Waals surface area contributed by atoms with Gasteiger partial charge in [0.2, 0.25) is 59.1 Å². The highest BCUT2D eigenvalue weighted by molar-refractivity contribution is 6.13. The molecule has 40 heteroatoms. The number of unbranched alkanes of at least 4 members (excludes halogenated alkanes) is 4. The third-order valence-corrected chi connectivity index (χ3v) is 28.7. The maximum absolute atomic E-state index is 15.4. The molecule has 6 aliphatic heterocycles. The number of carbonyl (C=O) groups is 18. The predicted molar refractivity (Wildman–Crippen MR) is 523 cm³/mol. The quantitative estimate of drug-likeness (QED) is 0.0118. The fourth-order valence-electron chi connectivity index (χ4n) is 20.4. The molecule has 2 aliphatic carbocycles. The summed E-state index contributed by atoms with van der Waals surface area (Å²) in [6, 6.07) is 20.2. The summed E-state index contributed by atoms with van der Waals surface area (Å²) in [4.78, 5) is 270.